The van der Waals surface area contributed by atoms with Crippen molar-refractivity contribution in [3.63, 3.8) is 0 Å². The van der Waals surface area contributed by atoms with Crippen molar-refractivity contribution in [2.45, 2.75) is 44.9 Å². The Morgan fingerprint density at radius 3 is 2.54 bits per heavy atom. The fourth-order valence-electron chi connectivity index (χ4n) is 2.40. The lowest BCUT2D eigenvalue weighted by Crippen LogP contribution is -2.40. The van der Waals surface area contributed by atoms with Crippen LogP contribution in [0.5, 0.6) is 0 Å². The first-order valence-electron chi connectivity index (χ1n) is 7.56. The Kier molecular flexibility index (Phi) is 5.37. The van der Waals surface area contributed by atoms with E-state index < -0.39 is 20.4 Å². The molecule has 0 unspecified atom stereocenters. The third-order valence-corrected chi connectivity index (χ3v) is 6.13. The Hall–Kier alpha value is -1.82. The van der Waals surface area contributed by atoms with Crippen molar-refractivity contribution in [3.05, 3.63) is 11.9 Å². The first-order valence-corrected chi connectivity index (χ1v) is 9.53. The second-order valence-electron chi connectivity index (χ2n) is 6.14. The molecular weight excluding hydrogens is 334 g/mol. The molecule has 3 amide bonds. The van der Waals surface area contributed by atoms with Gasteiger partial charge in [-0.15, -0.1) is 5.10 Å². The van der Waals surface area contributed by atoms with Gasteiger partial charge in [0.2, 0.25) is 0 Å². The molecule has 2 heterocycles. The molecular formula is C13H23N5O5Si. The molecule has 0 bridgehead atoms. The lowest BCUT2D eigenvalue weighted by atomic mass is 10.1. The van der Waals surface area contributed by atoms with Gasteiger partial charge in [0.05, 0.1) is 12.7 Å². The summed E-state index contributed by atoms with van der Waals surface area (Å²) in [5.41, 5.74) is -0.384. The number of amides is 3. The quantitative estimate of drug-likeness (QED) is 0.485. The number of carbonyl (C=O) groups excluding carboxylic acids is 2. The SMILES string of the molecule is CO[Si](O)(CCCn1cc(CN2C(=O)NC(C)(C)C2=O)nn1)OC. The number of carbonyl (C=O) groups is 2. The van der Waals surface area contributed by atoms with Gasteiger partial charge >= 0.3 is 14.8 Å². The van der Waals surface area contributed by atoms with Gasteiger partial charge in [-0.3, -0.25) is 14.4 Å². The van der Waals surface area contributed by atoms with Crippen molar-refractivity contribution in [1.82, 2.24) is 25.2 Å². The molecule has 24 heavy (non-hydrogen) atoms. The number of hydrogen-bond donors (Lipinski definition) is 2. The number of hydrogen-bond acceptors (Lipinski definition) is 7. The van der Waals surface area contributed by atoms with E-state index in [1.165, 1.54) is 14.2 Å². The largest absolute Gasteiger partial charge is 0.497 e. The van der Waals surface area contributed by atoms with Gasteiger partial charge in [0.15, 0.2) is 0 Å². The van der Waals surface area contributed by atoms with Crippen LogP contribution in [0.1, 0.15) is 26.0 Å². The van der Waals surface area contributed by atoms with Crippen LogP contribution in [0, 0.1) is 0 Å². The van der Waals surface area contributed by atoms with E-state index in [9.17, 15) is 14.4 Å². The third-order valence-electron chi connectivity index (χ3n) is 3.87. The molecule has 1 aliphatic heterocycles. The Balaban J connectivity index is 1.90. The van der Waals surface area contributed by atoms with E-state index >= 15 is 0 Å². The van der Waals surface area contributed by atoms with Crippen molar-refractivity contribution in [2.24, 2.45) is 0 Å². The molecule has 0 spiro atoms. The summed E-state index contributed by atoms with van der Waals surface area (Å²) in [5.74, 6) is -0.293. The summed E-state index contributed by atoms with van der Waals surface area (Å²) in [4.78, 5) is 35.1. The summed E-state index contributed by atoms with van der Waals surface area (Å²) < 4.78 is 11.6. The van der Waals surface area contributed by atoms with Crippen LogP contribution in [0.25, 0.3) is 0 Å². The molecule has 1 aliphatic rings. The summed E-state index contributed by atoms with van der Waals surface area (Å²) in [6.45, 7) is 3.89. The minimum absolute atomic E-state index is 0.0723. The molecule has 0 aromatic carbocycles. The van der Waals surface area contributed by atoms with Crippen LogP contribution in [0.4, 0.5) is 4.79 Å². The molecule has 10 nitrogen and oxygen atoms in total. The van der Waals surface area contributed by atoms with Crippen LogP contribution in [-0.4, -0.2) is 65.2 Å². The van der Waals surface area contributed by atoms with Crippen LogP contribution in [-0.2, 0) is 26.7 Å². The summed E-state index contributed by atoms with van der Waals surface area (Å²) in [7, 11) is -0.236. The van der Waals surface area contributed by atoms with Crippen LogP contribution >= 0.6 is 0 Å². The van der Waals surface area contributed by atoms with E-state index in [2.05, 4.69) is 15.6 Å². The van der Waals surface area contributed by atoms with Gasteiger partial charge in [0.1, 0.15) is 11.2 Å². The second-order valence-corrected chi connectivity index (χ2v) is 8.89. The number of rotatable bonds is 8. The van der Waals surface area contributed by atoms with E-state index in [4.69, 9.17) is 8.85 Å². The van der Waals surface area contributed by atoms with Crippen molar-refractivity contribution < 1.29 is 23.2 Å². The topological polar surface area (TPSA) is 119 Å². The van der Waals surface area contributed by atoms with Gasteiger partial charge in [0, 0.05) is 26.8 Å². The minimum atomic E-state index is -3.08. The Morgan fingerprint density at radius 1 is 1.33 bits per heavy atom. The zero-order valence-corrected chi connectivity index (χ0v) is 15.3. The summed E-state index contributed by atoms with van der Waals surface area (Å²) in [6.07, 6.45) is 2.27. The van der Waals surface area contributed by atoms with Crippen LogP contribution in [0.3, 0.4) is 0 Å². The predicted octanol–water partition coefficient (Wildman–Crippen LogP) is -0.277. The zero-order chi connectivity index (χ0) is 18.0. The highest BCUT2D eigenvalue weighted by atomic mass is 28.4. The number of urea groups is 1. The van der Waals surface area contributed by atoms with E-state index in [-0.39, 0.29) is 12.5 Å². The summed E-state index contributed by atoms with van der Waals surface area (Å²) in [5, 5.41) is 10.6. The average molecular weight is 357 g/mol. The van der Waals surface area contributed by atoms with Gasteiger partial charge in [-0.2, -0.15) is 0 Å². The first-order chi connectivity index (χ1) is 11.2. The highest BCUT2D eigenvalue weighted by molar-refractivity contribution is 6.59. The van der Waals surface area contributed by atoms with E-state index in [1.54, 1.807) is 24.7 Å². The molecule has 0 aliphatic carbocycles. The van der Waals surface area contributed by atoms with Gasteiger partial charge in [0.25, 0.3) is 5.91 Å². The molecule has 0 radical (unpaired) electrons. The Bertz CT molecular complexity index is 616. The summed E-state index contributed by atoms with van der Waals surface area (Å²) >= 11 is 0. The molecule has 1 aromatic rings. The predicted molar refractivity (Wildman–Crippen MR) is 84.6 cm³/mol. The molecule has 1 aromatic heterocycles. The van der Waals surface area contributed by atoms with Crippen molar-refractivity contribution in [1.29, 1.82) is 0 Å². The number of nitrogens with zero attached hydrogens (tertiary/aromatic N) is 4. The van der Waals surface area contributed by atoms with E-state index in [0.717, 1.165) is 4.90 Å². The second kappa shape index (κ2) is 6.97. The zero-order valence-electron chi connectivity index (χ0n) is 14.3. The van der Waals surface area contributed by atoms with Crippen LogP contribution in [0.15, 0.2) is 6.20 Å². The van der Waals surface area contributed by atoms with Crippen molar-refractivity contribution in [2.75, 3.05) is 14.2 Å². The van der Waals surface area contributed by atoms with Gasteiger partial charge in [-0.05, 0) is 20.3 Å². The molecule has 2 N–H and O–H groups in total. The number of aromatic nitrogens is 3. The normalized spacial score (nSPS) is 17.5. The van der Waals surface area contributed by atoms with Gasteiger partial charge in [-0.25, -0.2) is 4.79 Å². The Morgan fingerprint density at radius 2 is 2.00 bits per heavy atom. The number of nitrogens with one attached hydrogen (secondary N) is 1. The third kappa shape index (κ3) is 3.98. The first kappa shape index (κ1) is 18.5. The average Bonchev–Trinajstić information content (AvgIpc) is 3.05. The van der Waals surface area contributed by atoms with Crippen LogP contribution in [0.2, 0.25) is 6.04 Å². The molecule has 2 rings (SSSR count). The monoisotopic (exact) mass is 357 g/mol. The molecule has 0 saturated carbocycles. The highest BCUT2D eigenvalue weighted by Crippen LogP contribution is 2.18. The number of imide groups is 1. The fourth-order valence-corrected chi connectivity index (χ4v) is 3.58. The van der Waals surface area contributed by atoms with Crippen molar-refractivity contribution >= 4 is 20.7 Å². The summed E-state index contributed by atoms with van der Waals surface area (Å²) in [6, 6.07) is -0.0352. The minimum Gasteiger partial charge on any atom is -0.390 e. The van der Waals surface area contributed by atoms with Gasteiger partial charge in [-0.1, -0.05) is 5.21 Å². The van der Waals surface area contributed by atoms with Crippen LogP contribution < -0.4 is 5.32 Å². The lowest BCUT2D eigenvalue weighted by molar-refractivity contribution is -0.130. The standard InChI is InChI=1S/C13H23N5O5Si/c1-13(2)11(19)18(12(20)14-13)9-10-8-17(16-15-10)6-5-7-24(21,22-3)23-4/h8,21H,5-7,9H2,1-4H3,(H,14,20). The van der Waals surface area contributed by atoms with E-state index in [0.29, 0.717) is 24.7 Å². The molecule has 134 valence electrons. The lowest BCUT2D eigenvalue weighted by Gasteiger charge is -2.19. The highest BCUT2D eigenvalue weighted by Gasteiger charge is 2.44. The molecule has 1 saturated heterocycles. The smallest absolute Gasteiger partial charge is 0.390 e. The van der Waals surface area contributed by atoms with Crippen molar-refractivity contribution in [3.8, 4) is 0 Å². The maximum Gasteiger partial charge on any atom is 0.497 e. The maximum atomic E-state index is 12.1. The molecule has 0 atom stereocenters. The Labute approximate surface area is 141 Å². The maximum absolute atomic E-state index is 12.1. The van der Waals surface area contributed by atoms with Gasteiger partial charge < -0.3 is 19.0 Å². The van der Waals surface area contributed by atoms with E-state index in [1.807, 2.05) is 0 Å². The fraction of sp³-hybridized carbons (Fsp3) is 0.692. The number of aryl methyl sites for hydroxylation is 1. The molecule has 1 fully saturated rings. The molecule has 11 heteroatoms.